The number of hydrogen-bond acceptors (Lipinski definition) is 4. The number of anilines is 2. The molecule has 0 spiro atoms. The van der Waals surface area contributed by atoms with Gasteiger partial charge >= 0.3 is 0 Å². The summed E-state index contributed by atoms with van der Waals surface area (Å²) in [6.07, 6.45) is 0. The number of carbonyl (C=O) groups is 1. The van der Waals surface area contributed by atoms with Crippen LogP contribution in [-0.2, 0) is 6.61 Å². The van der Waals surface area contributed by atoms with E-state index in [1.54, 1.807) is 36.4 Å². The van der Waals surface area contributed by atoms with Crippen molar-refractivity contribution in [2.75, 3.05) is 17.2 Å². The van der Waals surface area contributed by atoms with Crippen LogP contribution in [0.3, 0.4) is 0 Å². The Morgan fingerprint density at radius 1 is 1.20 bits per heavy atom. The largest absolute Gasteiger partial charge is 0.392 e. The summed E-state index contributed by atoms with van der Waals surface area (Å²) in [5, 5.41) is 14.8. The third-order valence-electron chi connectivity index (χ3n) is 2.73. The molecule has 0 unspecified atom stereocenters. The molecule has 5 nitrogen and oxygen atoms in total. The maximum atomic E-state index is 12.1. The van der Waals surface area contributed by atoms with Crippen LogP contribution in [0.25, 0.3) is 0 Å². The summed E-state index contributed by atoms with van der Waals surface area (Å²) in [6, 6.07) is 12.3. The molecular weight excluding hydrogens is 254 g/mol. The topological polar surface area (TPSA) is 74.2 Å². The molecule has 0 saturated carbocycles. The highest BCUT2D eigenvalue weighted by Gasteiger charge is 2.08. The highest BCUT2D eigenvalue weighted by Crippen LogP contribution is 2.12. The monoisotopic (exact) mass is 271 g/mol. The Labute approximate surface area is 117 Å². The van der Waals surface area contributed by atoms with Crippen molar-refractivity contribution in [2.24, 2.45) is 0 Å². The van der Waals surface area contributed by atoms with Gasteiger partial charge in [-0.25, -0.2) is 4.98 Å². The Morgan fingerprint density at radius 3 is 2.60 bits per heavy atom. The number of hydrogen-bond donors (Lipinski definition) is 3. The zero-order valence-corrected chi connectivity index (χ0v) is 11.3. The SMILES string of the molecule is CCNc1cccc(C(=O)Nc2ccc(CO)cc2)n1. The molecule has 0 aliphatic rings. The molecular formula is C15H17N3O2. The number of nitrogens with one attached hydrogen (secondary N) is 2. The van der Waals surface area contributed by atoms with Crippen LogP contribution >= 0.6 is 0 Å². The van der Waals surface area contributed by atoms with E-state index in [-0.39, 0.29) is 12.5 Å². The number of aromatic nitrogens is 1. The fourth-order valence-corrected chi connectivity index (χ4v) is 1.73. The first-order valence-electron chi connectivity index (χ1n) is 6.45. The van der Waals surface area contributed by atoms with Gasteiger partial charge in [-0.15, -0.1) is 0 Å². The van der Waals surface area contributed by atoms with Gasteiger partial charge in [-0.2, -0.15) is 0 Å². The van der Waals surface area contributed by atoms with E-state index in [1.165, 1.54) is 0 Å². The zero-order chi connectivity index (χ0) is 14.4. The Balaban J connectivity index is 2.08. The Morgan fingerprint density at radius 2 is 1.95 bits per heavy atom. The molecule has 104 valence electrons. The third-order valence-corrected chi connectivity index (χ3v) is 2.73. The molecule has 20 heavy (non-hydrogen) atoms. The summed E-state index contributed by atoms with van der Waals surface area (Å²) >= 11 is 0. The van der Waals surface area contributed by atoms with Crippen LogP contribution < -0.4 is 10.6 Å². The molecule has 0 aliphatic carbocycles. The number of amides is 1. The van der Waals surface area contributed by atoms with Gasteiger partial charge in [0.25, 0.3) is 5.91 Å². The number of benzene rings is 1. The van der Waals surface area contributed by atoms with Crippen LogP contribution in [0.15, 0.2) is 42.5 Å². The van der Waals surface area contributed by atoms with Crippen LogP contribution in [0.4, 0.5) is 11.5 Å². The second kappa shape index (κ2) is 6.68. The van der Waals surface area contributed by atoms with Crippen molar-refractivity contribution in [3.63, 3.8) is 0 Å². The molecule has 0 aliphatic heterocycles. The Hall–Kier alpha value is -2.40. The maximum absolute atomic E-state index is 12.1. The number of aliphatic hydroxyl groups is 1. The van der Waals surface area contributed by atoms with Crippen LogP contribution in [0.5, 0.6) is 0 Å². The number of aliphatic hydroxyl groups excluding tert-OH is 1. The van der Waals surface area contributed by atoms with Crippen molar-refractivity contribution in [3.8, 4) is 0 Å². The molecule has 0 saturated heterocycles. The van der Waals surface area contributed by atoms with E-state index in [4.69, 9.17) is 5.11 Å². The first-order chi connectivity index (χ1) is 9.72. The lowest BCUT2D eigenvalue weighted by atomic mass is 10.2. The molecule has 2 rings (SSSR count). The van der Waals surface area contributed by atoms with E-state index in [0.29, 0.717) is 17.2 Å². The molecule has 1 amide bonds. The van der Waals surface area contributed by atoms with E-state index < -0.39 is 0 Å². The average Bonchev–Trinajstić information content (AvgIpc) is 2.48. The highest BCUT2D eigenvalue weighted by atomic mass is 16.3. The summed E-state index contributed by atoms with van der Waals surface area (Å²) < 4.78 is 0. The van der Waals surface area contributed by atoms with Crippen molar-refractivity contribution in [3.05, 3.63) is 53.7 Å². The maximum Gasteiger partial charge on any atom is 0.274 e. The van der Waals surface area contributed by atoms with Gasteiger partial charge in [0, 0.05) is 12.2 Å². The van der Waals surface area contributed by atoms with Crippen LogP contribution in [0, 0.1) is 0 Å². The molecule has 1 heterocycles. The van der Waals surface area contributed by atoms with Gasteiger partial charge in [-0.05, 0) is 36.8 Å². The van der Waals surface area contributed by atoms with Gasteiger partial charge in [0.15, 0.2) is 0 Å². The summed E-state index contributed by atoms with van der Waals surface area (Å²) in [7, 11) is 0. The third kappa shape index (κ3) is 3.55. The van der Waals surface area contributed by atoms with Crippen LogP contribution in [0.2, 0.25) is 0 Å². The minimum Gasteiger partial charge on any atom is -0.392 e. The van der Waals surface area contributed by atoms with Crippen molar-refractivity contribution < 1.29 is 9.90 Å². The summed E-state index contributed by atoms with van der Waals surface area (Å²) in [4.78, 5) is 16.3. The van der Waals surface area contributed by atoms with E-state index in [9.17, 15) is 4.79 Å². The van der Waals surface area contributed by atoms with Crippen molar-refractivity contribution >= 4 is 17.4 Å². The van der Waals surface area contributed by atoms with Gasteiger partial charge < -0.3 is 15.7 Å². The lowest BCUT2D eigenvalue weighted by molar-refractivity contribution is 0.102. The quantitative estimate of drug-likeness (QED) is 0.779. The van der Waals surface area contributed by atoms with E-state index in [0.717, 1.165) is 12.1 Å². The van der Waals surface area contributed by atoms with Crippen molar-refractivity contribution in [2.45, 2.75) is 13.5 Å². The van der Waals surface area contributed by atoms with E-state index in [2.05, 4.69) is 15.6 Å². The van der Waals surface area contributed by atoms with Crippen molar-refractivity contribution in [1.82, 2.24) is 4.98 Å². The number of nitrogens with zero attached hydrogens (tertiary/aromatic N) is 1. The minimum absolute atomic E-state index is 0.0134. The zero-order valence-electron chi connectivity index (χ0n) is 11.3. The molecule has 0 fully saturated rings. The number of pyridine rings is 1. The molecule has 0 bridgehead atoms. The normalized spacial score (nSPS) is 10.1. The Bertz CT molecular complexity index is 582. The number of carbonyl (C=O) groups excluding carboxylic acids is 1. The predicted molar refractivity (Wildman–Crippen MR) is 78.7 cm³/mol. The molecule has 1 aromatic heterocycles. The first kappa shape index (κ1) is 14.0. The average molecular weight is 271 g/mol. The smallest absolute Gasteiger partial charge is 0.274 e. The lowest BCUT2D eigenvalue weighted by Crippen LogP contribution is -2.14. The Kier molecular flexibility index (Phi) is 4.68. The van der Waals surface area contributed by atoms with Gasteiger partial charge in [-0.3, -0.25) is 4.79 Å². The second-order valence-electron chi connectivity index (χ2n) is 4.25. The molecule has 1 aromatic carbocycles. The van der Waals surface area contributed by atoms with Gasteiger partial charge in [0.1, 0.15) is 11.5 Å². The number of rotatable bonds is 5. The summed E-state index contributed by atoms with van der Waals surface area (Å²) in [5.74, 6) is 0.414. The lowest BCUT2D eigenvalue weighted by Gasteiger charge is -2.07. The van der Waals surface area contributed by atoms with Gasteiger partial charge in [0.2, 0.25) is 0 Å². The summed E-state index contributed by atoms with van der Waals surface area (Å²) in [6.45, 7) is 2.71. The minimum atomic E-state index is -0.262. The first-order valence-corrected chi connectivity index (χ1v) is 6.45. The van der Waals surface area contributed by atoms with Crippen LogP contribution in [0.1, 0.15) is 23.0 Å². The standard InChI is InChI=1S/C15H17N3O2/c1-2-16-14-5-3-4-13(18-14)15(20)17-12-8-6-11(10-19)7-9-12/h3-9,19H,2,10H2,1H3,(H,16,18)(H,17,20). The van der Waals surface area contributed by atoms with Crippen molar-refractivity contribution in [1.29, 1.82) is 0 Å². The fraction of sp³-hybridized carbons (Fsp3) is 0.200. The highest BCUT2D eigenvalue weighted by molar-refractivity contribution is 6.03. The molecule has 2 aromatic rings. The molecule has 5 heteroatoms. The predicted octanol–water partition coefficient (Wildman–Crippen LogP) is 2.26. The fourth-order valence-electron chi connectivity index (χ4n) is 1.73. The van der Waals surface area contributed by atoms with Gasteiger partial charge in [-0.1, -0.05) is 18.2 Å². The van der Waals surface area contributed by atoms with Crippen LogP contribution in [-0.4, -0.2) is 22.5 Å². The van der Waals surface area contributed by atoms with Gasteiger partial charge in [0.05, 0.1) is 6.61 Å². The van der Waals surface area contributed by atoms with E-state index >= 15 is 0 Å². The molecule has 0 radical (unpaired) electrons. The summed E-state index contributed by atoms with van der Waals surface area (Å²) in [5.41, 5.74) is 1.83. The van der Waals surface area contributed by atoms with E-state index in [1.807, 2.05) is 13.0 Å². The second-order valence-corrected chi connectivity index (χ2v) is 4.25. The molecule has 3 N–H and O–H groups in total. The molecule has 0 atom stereocenters.